The first-order valence-corrected chi connectivity index (χ1v) is 6.30. The minimum absolute atomic E-state index is 0.108. The van der Waals surface area contributed by atoms with E-state index in [1.54, 1.807) is 0 Å². The van der Waals surface area contributed by atoms with Gasteiger partial charge >= 0.3 is 6.03 Å². The van der Waals surface area contributed by atoms with Gasteiger partial charge < -0.3 is 15.1 Å². The Labute approximate surface area is 99.0 Å². The molecule has 16 heavy (non-hydrogen) atoms. The highest BCUT2D eigenvalue weighted by molar-refractivity contribution is 5.74. The smallest absolute Gasteiger partial charge is 0.317 e. The van der Waals surface area contributed by atoms with Crippen molar-refractivity contribution in [1.29, 1.82) is 0 Å². The van der Waals surface area contributed by atoms with E-state index in [0.29, 0.717) is 0 Å². The zero-order valence-corrected chi connectivity index (χ0v) is 10.8. The second-order valence-corrected chi connectivity index (χ2v) is 5.01. The summed E-state index contributed by atoms with van der Waals surface area (Å²) < 4.78 is 0. The summed E-state index contributed by atoms with van der Waals surface area (Å²) in [6, 6.07) is 0.321. The van der Waals surface area contributed by atoms with E-state index in [1.807, 2.05) is 19.0 Å². The van der Waals surface area contributed by atoms with Gasteiger partial charge in [-0.1, -0.05) is 12.8 Å². The Morgan fingerprint density at radius 3 is 2.31 bits per heavy atom. The van der Waals surface area contributed by atoms with E-state index in [1.165, 1.54) is 12.8 Å². The number of carbonyl (C=O) groups is 1. The van der Waals surface area contributed by atoms with Gasteiger partial charge in [-0.3, -0.25) is 0 Å². The SMILES string of the molecule is CC(CN(C)C)NC(=O)N1CCCCCC1. The molecule has 1 atom stereocenters. The number of likely N-dealkylation sites (tertiary alicyclic amines) is 1. The molecule has 1 N–H and O–H groups in total. The van der Waals surface area contributed by atoms with E-state index >= 15 is 0 Å². The number of hydrogen-bond donors (Lipinski definition) is 1. The minimum atomic E-state index is 0.108. The van der Waals surface area contributed by atoms with Crippen molar-refractivity contribution in [2.24, 2.45) is 0 Å². The summed E-state index contributed by atoms with van der Waals surface area (Å²) in [7, 11) is 4.04. The molecule has 4 nitrogen and oxygen atoms in total. The van der Waals surface area contributed by atoms with E-state index in [0.717, 1.165) is 32.5 Å². The van der Waals surface area contributed by atoms with Crippen LogP contribution in [0.1, 0.15) is 32.6 Å². The lowest BCUT2D eigenvalue weighted by molar-refractivity contribution is 0.193. The molecule has 1 fully saturated rings. The number of likely N-dealkylation sites (N-methyl/N-ethyl adjacent to an activating group) is 1. The standard InChI is InChI=1S/C12H25N3O/c1-11(10-14(2)3)13-12(16)15-8-6-4-5-7-9-15/h11H,4-10H2,1-3H3,(H,13,16). The van der Waals surface area contributed by atoms with E-state index < -0.39 is 0 Å². The molecule has 94 valence electrons. The second kappa shape index (κ2) is 6.74. The Hall–Kier alpha value is -0.770. The van der Waals surface area contributed by atoms with Crippen LogP contribution in [0, 0.1) is 0 Å². The van der Waals surface area contributed by atoms with Gasteiger partial charge in [-0.2, -0.15) is 0 Å². The van der Waals surface area contributed by atoms with Gasteiger partial charge in [0.05, 0.1) is 0 Å². The van der Waals surface area contributed by atoms with Gasteiger partial charge in [0.15, 0.2) is 0 Å². The van der Waals surface area contributed by atoms with Crippen molar-refractivity contribution in [1.82, 2.24) is 15.1 Å². The molecule has 1 aliphatic rings. The van der Waals surface area contributed by atoms with Crippen LogP contribution in [-0.2, 0) is 0 Å². The molecule has 0 aromatic carbocycles. The zero-order chi connectivity index (χ0) is 12.0. The fraction of sp³-hybridized carbons (Fsp3) is 0.917. The summed E-state index contributed by atoms with van der Waals surface area (Å²) in [6.45, 7) is 4.77. The Kier molecular flexibility index (Phi) is 5.60. The second-order valence-electron chi connectivity index (χ2n) is 5.01. The average molecular weight is 227 g/mol. The minimum Gasteiger partial charge on any atom is -0.334 e. The third-order valence-corrected chi connectivity index (χ3v) is 2.90. The fourth-order valence-electron chi connectivity index (χ4n) is 2.17. The number of hydrogen-bond acceptors (Lipinski definition) is 2. The van der Waals surface area contributed by atoms with Crippen molar-refractivity contribution in [3.63, 3.8) is 0 Å². The maximum Gasteiger partial charge on any atom is 0.317 e. The molecule has 1 heterocycles. The molecular formula is C12H25N3O. The molecule has 0 bridgehead atoms. The molecule has 4 heteroatoms. The first kappa shape index (κ1) is 13.3. The fourth-order valence-corrected chi connectivity index (χ4v) is 2.17. The molecule has 1 rings (SSSR count). The maximum absolute atomic E-state index is 11.9. The van der Waals surface area contributed by atoms with Gasteiger partial charge in [-0.05, 0) is 33.9 Å². The largest absolute Gasteiger partial charge is 0.334 e. The van der Waals surface area contributed by atoms with Gasteiger partial charge in [0.1, 0.15) is 0 Å². The molecule has 2 amide bonds. The van der Waals surface area contributed by atoms with E-state index in [-0.39, 0.29) is 12.1 Å². The Morgan fingerprint density at radius 2 is 1.81 bits per heavy atom. The molecule has 0 saturated carbocycles. The van der Waals surface area contributed by atoms with Gasteiger partial charge in [0.25, 0.3) is 0 Å². The summed E-state index contributed by atoms with van der Waals surface area (Å²) >= 11 is 0. The molecular weight excluding hydrogens is 202 g/mol. The van der Waals surface area contributed by atoms with Crippen LogP contribution in [0.3, 0.4) is 0 Å². The summed E-state index contributed by atoms with van der Waals surface area (Å²) in [4.78, 5) is 16.0. The number of nitrogens with one attached hydrogen (secondary N) is 1. The molecule has 0 aromatic heterocycles. The third kappa shape index (κ3) is 4.84. The monoisotopic (exact) mass is 227 g/mol. The quantitative estimate of drug-likeness (QED) is 0.793. The van der Waals surface area contributed by atoms with Crippen LogP contribution in [0.2, 0.25) is 0 Å². The third-order valence-electron chi connectivity index (χ3n) is 2.90. The van der Waals surface area contributed by atoms with Crippen LogP contribution in [0.5, 0.6) is 0 Å². The number of rotatable bonds is 3. The number of urea groups is 1. The molecule has 1 aliphatic heterocycles. The average Bonchev–Trinajstić information content (AvgIpc) is 2.43. The molecule has 0 aromatic rings. The van der Waals surface area contributed by atoms with Crippen molar-refractivity contribution in [3.8, 4) is 0 Å². The van der Waals surface area contributed by atoms with Crippen LogP contribution < -0.4 is 5.32 Å². The van der Waals surface area contributed by atoms with Crippen LogP contribution in [0.15, 0.2) is 0 Å². The maximum atomic E-state index is 11.9. The van der Waals surface area contributed by atoms with Crippen molar-refractivity contribution < 1.29 is 4.79 Å². The van der Waals surface area contributed by atoms with Gasteiger partial charge in [-0.25, -0.2) is 4.79 Å². The molecule has 0 spiro atoms. The van der Waals surface area contributed by atoms with Gasteiger partial charge in [0, 0.05) is 25.7 Å². The van der Waals surface area contributed by atoms with Gasteiger partial charge in [-0.15, -0.1) is 0 Å². The van der Waals surface area contributed by atoms with E-state index in [4.69, 9.17) is 0 Å². The number of amides is 2. The Balaban J connectivity index is 2.32. The summed E-state index contributed by atoms with van der Waals surface area (Å²) in [6.07, 6.45) is 4.82. The highest BCUT2D eigenvalue weighted by Gasteiger charge is 2.16. The lowest BCUT2D eigenvalue weighted by atomic mass is 10.2. The van der Waals surface area contributed by atoms with Crippen molar-refractivity contribution in [2.75, 3.05) is 33.7 Å². The number of carbonyl (C=O) groups excluding carboxylic acids is 1. The normalized spacial score (nSPS) is 19.4. The van der Waals surface area contributed by atoms with Crippen LogP contribution in [-0.4, -0.2) is 55.6 Å². The van der Waals surface area contributed by atoms with E-state index in [2.05, 4.69) is 17.1 Å². The van der Waals surface area contributed by atoms with Crippen LogP contribution in [0.25, 0.3) is 0 Å². The topological polar surface area (TPSA) is 35.6 Å². The predicted molar refractivity (Wildman–Crippen MR) is 66.6 cm³/mol. The summed E-state index contributed by atoms with van der Waals surface area (Å²) in [5.41, 5.74) is 0. The Morgan fingerprint density at radius 1 is 1.25 bits per heavy atom. The zero-order valence-electron chi connectivity index (χ0n) is 10.8. The van der Waals surface area contributed by atoms with Crippen molar-refractivity contribution in [2.45, 2.75) is 38.6 Å². The first-order valence-electron chi connectivity index (χ1n) is 6.30. The molecule has 1 unspecified atom stereocenters. The van der Waals surface area contributed by atoms with Crippen molar-refractivity contribution in [3.05, 3.63) is 0 Å². The Bertz CT molecular complexity index is 210. The number of nitrogens with zero attached hydrogens (tertiary/aromatic N) is 2. The molecule has 0 radical (unpaired) electrons. The van der Waals surface area contributed by atoms with Crippen LogP contribution >= 0.6 is 0 Å². The highest BCUT2D eigenvalue weighted by Crippen LogP contribution is 2.09. The lowest BCUT2D eigenvalue weighted by Crippen LogP contribution is -2.47. The predicted octanol–water partition coefficient (Wildman–Crippen LogP) is 1.52. The van der Waals surface area contributed by atoms with Crippen molar-refractivity contribution >= 4 is 6.03 Å². The van der Waals surface area contributed by atoms with Gasteiger partial charge in [0.2, 0.25) is 0 Å². The highest BCUT2D eigenvalue weighted by atomic mass is 16.2. The van der Waals surface area contributed by atoms with Crippen LogP contribution in [0.4, 0.5) is 4.79 Å². The summed E-state index contributed by atoms with van der Waals surface area (Å²) in [5.74, 6) is 0. The molecule has 1 saturated heterocycles. The first-order chi connectivity index (χ1) is 7.59. The molecule has 0 aliphatic carbocycles. The lowest BCUT2D eigenvalue weighted by Gasteiger charge is -2.25. The summed E-state index contributed by atoms with van der Waals surface area (Å²) in [5, 5.41) is 3.05. The van der Waals surface area contributed by atoms with E-state index in [9.17, 15) is 4.79 Å².